The van der Waals surface area contributed by atoms with Crippen LogP contribution in [0.4, 0.5) is 0 Å². The molecule has 16 heteroatoms. The normalized spacial score (nSPS) is 11.8. The van der Waals surface area contributed by atoms with Crippen LogP contribution in [-0.2, 0) is 66.2 Å². The van der Waals surface area contributed by atoms with Crippen molar-refractivity contribution in [2.45, 2.75) is 38.7 Å². The first-order valence-electron chi connectivity index (χ1n) is 19.5. The van der Waals surface area contributed by atoms with E-state index in [0.29, 0.717) is 119 Å². The SMILES string of the molecule is CC(C)(C)[Si](OCCOCCOCCOCCOCCOCCOCCOCCOCCOCCOC(=O)CCC(=O)C(=O)O)(c1ccccc1)c1ccccc1. The van der Waals surface area contributed by atoms with Crippen LogP contribution in [0, 0.1) is 0 Å². The quantitative estimate of drug-likeness (QED) is 0.0456. The van der Waals surface area contributed by atoms with Crippen LogP contribution in [0.15, 0.2) is 60.7 Å². The van der Waals surface area contributed by atoms with E-state index in [-0.39, 0.29) is 31.1 Å². The number of aliphatic carboxylic acids is 1. The van der Waals surface area contributed by atoms with Crippen molar-refractivity contribution in [2.24, 2.45) is 0 Å². The van der Waals surface area contributed by atoms with E-state index in [1.807, 2.05) is 12.1 Å². The van der Waals surface area contributed by atoms with Gasteiger partial charge in [-0.15, -0.1) is 0 Å². The van der Waals surface area contributed by atoms with Gasteiger partial charge in [-0.3, -0.25) is 9.59 Å². The van der Waals surface area contributed by atoms with Crippen LogP contribution in [0.2, 0.25) is 5.04 Å². The molecular weight excluding hydrogens is 761 g/mol. The molecule has 0 saturated heterocycles. The predicted octanol–water partition coefficient (Wildman–Crippen LogP) is 2.69. The Morgan fingerprint density at radius 1 is 0.456 bits per heavy atom. The van der Waals surface area contributed by atoms with Crippen LogP contribution in [-0.4, -0.2) is 163 Å². The second-order valence-corrected chi connectivity index (χ2v) is 17.8. The van der Waals surface area contributed by atoms with E-state index < -0.39 is 26.0 Å². The maximum absolute atomic E-state index is 11.4. The number of rotatable bonds is 37. The van der Waals surface area contributed by atoms with Crippen molar-refractivity contribution in [3.8, 4) is 0 Å². The lowest BCUT2D eigenvalue weighted by atomic mass is 10.2. The first-order valence-corrected chi connectivity index (χ1v) is 21.5. The minimum absolute atomic E-state index is 0.0118. The molecular formula is C41H64O15Si. The highest BCUT2D eigenvalue weighted by Gasteiger charge is 2.50. The van der Waals surface area contributed by atoms with Gasteiger partial charge in [-0.2, -0.15) is 0 Å². The van der Waals surface area contributed by atoms with Gasteiger partial charge in [0.05, 0.1) is 132 Å². The molecule has 0 fully saturated rings. The second-order valence-electron chi connectivity index (χ2n) is 13.5. The number of esters is 1. The molecule has 0 aromatic heterocycles. The summed E-state index contributed by atoms with van der Waals surface area (Å²) in [6, 6.07) is 21.2. The topological polar surface area (TPSA) is 173 Å². The molecule has 0 unspecified atom stereocenters. The number of carboxylic acid groups (broad SMARTS) is 1. The number of Topliss-reactive ketones (excluding diaryl/α,β-unsaturated/α-hetero) is 1. The van der Waals surface area contributed by atoms with Crippen molar-refractivity contribution in [1.82, 2.24) is 0 Å². The minimum atomic E-state index is -2.55. The van der Waals surface area contributed by atoms with E-state index in [9.17, 15) is 14.4 Å². The summed E-state index contributed by atoms with van der Waals surface area (Å²) in [7, 11) is -2.55. The number of ketones is 1. The number of hydrogen-bond donors (Lipinski definition) is 1. The molecule has 0 atom stereocenters. The number of carbonyl (C=O) groups excluding carboxylic acids is 2. The molecule has 322 valence electrons. The lowest BCUT2D eigenvalue weighted by molar-refractivity contribution is -0.151. The number of carbonyl (C=O) groups is 3. The van der Waals surface area contributed by atoms with Crippen LogP contribution in [0.1, 0.15) is 33.6 Å². The smallest absolute Gasteiger partial charge is 0.372 e. The average Bonchev–Trinajstić information content (AvgIpc) is 3.20. The molecule has 0 radical (unpaired) electrons. The molecule has 0 spiro atoms. The maximum atomic E-state index is 11.4. The molecule has 2 aromatic carbocycles. The van der Waals surface area contributed by atoms with Gasteiger partial charge in [0, 0.05) is 6.42 Å². The van der Waals surface area contributed by atoms with Gasteiger partial charge in [0.25, 0.3) is 8.32 Å². The van der Waals surface area contributed by atoms with Crippen molar-refractivity contribution in [3.63, 3.8) is 0 Å². The Hall–Kier alpha value is -3.13. The molecule has 2 aromatic rings. The fourth-order valence-corrected chi connectivity index (χ4v) is 10.0. The predicted molar refractivity (Wildman–Crippen MR) is 214 cm³/mol. The van der Waals surface area contributed by atoms with Gasteiger partial charge in [-0.05, 0) is 15.4 Å². The van der Waals surface area contributed by atoms with E-state index in [1.54, 1.807) is 0 Å². The molecule has 0 aliphatic carbocycles. The van der Waals surface area contributed by atoms with E-state index in [1.165, 1.54) is 10.4 Å². The van der Waals surface area contributed by atoms with Gasteiger partial charge < -0.3 is 56.9 Å². The zero-order valence-corrected chi connectivity index (χ0v) is 35.0. The van der Waals surface area contributed by atoms with E-state index in [0.717, 1.165) is 0 Å². The third-order valence-corrected chi connectivity index (χ3v) is 13.3. The van der Waals surface area contributed by atoms with Crippen LogP contribution >= 0.6 is 0 Å². The zero-order chi connectivity index (χ0) is 41.3. The van der Waals surface area contributed by atoms with Crippen molar-refractivity contribution < 1.29 is 71.3 Å². The summed E-state index contributed by atoms with van der Waals surface area (Å²) >= 11 is 0. The highest BCUT2D eigenvalue weighted by Crippen LogP contribution is 2.36. The number of ether oxygens (including phenoxy) is 10. The molecule has 2 rings (SSSR count). The monoisotopic (exact) mass is 824 g/mol. The first-order chi connectivity index (χ1) is 27.7. The Labute approximate surface area is 338 Å². The fraction of sp³-hybridized carbons (Fsp3) is 0.634. The number of carboxylic acids is 1. The van der Waals surface area contributed by atoms with Gasteiger partial charge >= 0.3 is 11.9 Å². The van der Waals surface area contributed by atoms with Crippen molar-refractivity contribution in [3.05, 3.63) is 60.7 Å². The van der Waals surface area contributed by atoms with E-state index >= 15 is 0 Å². The van der Waals surface area contributed by atoms with Crippen LogP contribution in [0.25, 0.3) is 0 Å². The van der Waals surface area contributed by atoms with E-state index in [4.69, 9.17) is 56.9 Å². The molecule has 1 N–H and O–H groups in total. The lowest BCUT2D eigenvalue weighted by Crippen LogP contribution is -2.66. The van der Waals surface area contributed by atoms with Crippen LogP contribution < -0.4 is 10.4 Å². The summed E-state index contributed by atoms with van der Waals surface area (Å²) in [5.74, 6) is -3.24. The summed E-state index contributed by atoms with van der Waals surface area (Å²) in [6.07, 6.45) is -0.663. The van der Waals surface area contributed by atoms with Crippen LogP contribution in [0.5, 0.6) is 0 Å². The molecule has 15 nitrogen and oxygen atoms in total. The molecule has 0 heterocycles. The number of hydrogen-bond acceptors (Lipinski definition) is 14. The van der Waals surface area contributed by atoms with Crippen molar-refractivity contribution in [2.75, 3.05) is 132 Å². The van der Waals surface area contributed by atoms with Crippen molar-refractivity contribution >= 4 is 36.4 Å². The standard InChI is InChI=1S/C41H64O15Si/c1-41(2,3)57(36-10-6-4-7-11-36,37-12-8-5-9-13-37)56-35-33-54-31-29-52-27-25-50-23-21-48-19-17-46-16-18-47-20-22-49-24-26-51-28-30-53-32-34-55-39(43)15-14-38(42)40(44)45/h4-13H,14-35H2,1-3H3,(H,44,45). The fourth-order valence-electron chi connectivity index (χ4n) is 5.49. The Morgan fingerprint density at radius 2 is 0.754 bits per heavy atom. The van der Waals surface area contributed by atoms with Gasteiger partial charge in [0.2, 0.25) is 5.78 Å². The lowest BCUT2D eigenvalue weighted by Gasteiger charge is -2.43. The van der Waals surface area contributed by atoms with Crippen LogP contribution in [0.3, 0.4) is 0 Å². The third kappa shape index (κ3) is 22.6. The summed E-state index contributed by atoms with van der Waals surface area (Å²) in [4.78, 5) is 32.7. The zero-order valence-electron chi connectivity index (χ0n) is 34.0. The summed E-state index contributed by atoms with van der Waals surface area (Å²) in [5.41, 5.74) is 0. The minimum Gasteiger partial charge on any atom is -0.476 e. The van der Waals surface area contributed by atoms with Gasteiger partial charge in [-0.1, -0.05) is 81.4 Å². The summed E-state index contributed by atoms with van der Waals surface area (Å²) in [6.45, 7) is 15.1. The first kappa shape index (κ1) is 50.0. The Balaban J connectivity index is 1.30. The van der Waals surface area contributed by atoms with Crippen molar-refractivity contribution in [1.29, 1.82) is 0 Å². The van der Waals surface area contributed by atoms with Gasteiger partial charge in [0.15, 0.2) is 0 Å². The highest BCUT2D eigenvalue weighted by atomic mass is 28.4. The Bertz CT molecular complexity index is 1270. The Kier molecular flexibility index (Phi) is 27.9. The molecule has 0 saturated carbocycles. The highest BCUT2D eigenvalue weighted by molar-refractivity contribution is 6.99. The van der Waals surface area contributed by atoms with Gasteiger partial charge in [-0.25, -0.2) is 4.79 Å². The molecule has 0 bridgehead atoms. The van der Waals surface area contributed by atoms with Gasteiger partial charge in [0.1, 0.15) is 6.61 Å². The average molecular weight is 825 g/mol. The summed E-state index contributed by atoms with van der Waals surface area (Å²) < 4.78 is 61.3. The molecule has 57 heavy (non-hydrogen) atoms. The molecule has 0 amide bonds. The van der Waals surface area contributed by atoms with E-state index in [2.05, 4.69) is 69.3 Å². The molecule has 0 aliphatic heterocycles. The number of benzene rings is 2. The largest absolute Gasteiger partial charge is 0.476 e. The molecule has 0 aliphatic rings. The second kappa shape index (κ2) is 31.8. The Morgan fingerprint density at radius 3 is 1.05 bits per heavy atom. The maximum Gasteiger partial charge on any atom is 0.372 e. The third-order valence-electron chi connectivity index (χ3n) is 8.22. The summed E-state index contributed by atoms with van der Waals surface area (Å²) in [5, 5.41) is 10.9.